The summed E-state index contributed by atoms with van der Waals surface area (Å²) in [6.07, 6.45) is 3.63. The molecule has 0 aromatic heterocycles. The maximum absolute atomic E-state index is 11.4. The Morgan fingerprint density at radius 1 is 1.39 bits per heavy atom. The molecular formula is C14H18N2O2. The highest BCUT2D eigenvalue weighted by Gasteiger charge is 2.07. The van der Waals surface area contributed by atoms with Gasteiger partial charge in [-0.25, -0.2) is 0 Å². The van der Waals surface area contributed by atoms with Crippen LogP contribution in [-0.4, -0.2) is 11.8 Å². The first-order chi connectivity index (χ1) is 8.47. The van der Waals surface area contributed by atoms with E-state index in [1.807, 2.05) is 13.8 Å². The molecule has 0 fully saturated rings. The molecule has 0 bridgehead atoms. The predicted octanol–water partition coefficient (Wildman–Crippen LogP) is 2.59. The molecule has 1 aromatic carbocycles. The first-order valence-electron chi connectivity index (χ1n) is 5.80. The zero-order valence-corrected chi connectivity index (χ0v) is 10.6. The standard InChI is InChI=1S/C14H18N2O2/c1-10(2)9-14(17)18-12-6-3-11(4-7-12)5-8-13(15)16/h3-8,10H,9H2,1-2H3,(H3,15,16)/b8-5+. The number of hydrogen-bond acceptors (Lipinski definition) is 3. The lowest BCUT2D eigenvalue weighted by molar-refractivity contribution is -0.135. The van der Waals surface area contributed by atoms with Gasteiger partial charge in [-0.05, 0) is 29.7 Å². The number of ether oxygens (including phenoxy) is 1. The summed E-state index contributed by atoms with van der Waals surface area (Å²) in [7, 11) is 0. The fraction of sp³-hybridized carbons (Fsp3) is 0.286. The van der Waals surface area contributed by atoms with Gasteiger partial charge in [0.15, 0.2) is 0 Å². The average molecular weight is 246 g/mol. The van der Waals surface area contributed by atoms with Crippen molar-refractivity contribution in [3.63, 3.8) is 0 Å². The number of nitrogens with two attached hydrogens (primary N) is 1. The summed E-state index contributed by atoms with van der Waals surface area (Å²) in [5.41, 5.74) is 6.11. The van der Waals surface area contributed by atoms with Gasteiger partial charge in [-0.3, -0.25) is 10.2 Å². The van der Waals surface area contributed by atoms with Crippen molar-refractivity contribution >= 4 is 17.9 Å². The van der Waals surface area contributed by atoms with E-state index in [1.54, 1.807) is 30.3 Å². The molecule has 4 nitrogen and oxygen atoms in total. The van der Waals surface area contributed by atoms with Gasteiger partial charge in [-0.15, -0.1) is 0 Å². The Balaban J connectivity index is 2.60. The van der Waals surface area contributed by atoms with Crippen molar-refractivity contribution < 1.29 is 9.53 Å². The normalized spacial score (nSPS) is 10.8. The largest absolute Gasteiger partial charge is 0.427 e. The zero-order valence-electron chi connectivity index (χ0n) is 10.6. The van der Waals surface area contributed by atoms with E-state index in [2.05, 4.69) is 0 Å². The van der Waals surface area contributed by atoms with Crippen LogP contribution in [0.3, 0.4) is 0 Å². The van der Waals surface area contributed by atoms with E-state index in [0.29, 0.717) is 12.2 Å². The molecule has 96 valence electrons. The van der Waals surface area contributed by atoms with E-state index in [-0.39, 0.29) is 17.7 Å². The van der Waals surface area contributed by atoms with Crippen LogP contribution in [0.15, 0.2) is 30.3 Å². The Kier molecular flexibility index (Phi) is 5.11. The second-order valence-corrected chi connectivity index (χ2v) is 4.43. The molecule has 0 aliphatic heterocycles. The third kappa shape index (κ3) is 5.30. The molecule has 18 heavy (non-hydrogen) atoms. The molecule has 1 aromatic rings. The summed E-state index contributed by atoms with van der Waals surface area (Å²) in [5.74, 6) is 0.593. The Bertz CT molecular complexity index is 447. The third-order valence-electron chi connectivity index (χ3n) is 2.14. The number of carbonyl (C=O) groups excluding carboxylic acids is 1. The highest BCUT2D eigenvalue weighted by Crippen LogP contribution is 2.14. The monoisotopic (exact) mass is 246 g/mol. The molecule has 0 amide bonds. The van der Waals surface area contributed by atoms with E-state index in [0.717, 1.165) is 5.56 Å². The minimum atomic E-state index is -0.225. The molecule has 0 saturated heterocycles. The van der Waals surface area contributed by atoms with Crippen molar-refractivity contribution in [2.24, 2.45) is 11.7 Å². The summed E-state index contributed by atoms with van der Waals surface area (Å²) >= 11 is 0. The van der Waals surface area contributed by atoms with Crippen molar-refractivity contribution in [3.8, 4) is 5.75 Å². The second kappa shape index (κ2) is 6.59. The minimum absolute atomic E-state index is 0.00226. The van der Waals surface area contributed by atoms with Crippen LogP contribution in [0.4, 0.5) is 0 Å². The van der Waals surface area contributed by atoms with Gasteiger partial charge < -0.3 is 10.5 Å². The van der Waals surface area contributed by atoms with E-state index < -0.39 is 0 Å². The van der Waals surface area contributed by atoms with Gasteiger partial charge >= 0.3 is 5.97 Å². The molecule has 0 unspecified atom stereocenters. The predicted molar refractivity (Wildman–Crippen MR) is 72.5 cm³/mol. The van der Waals surface area contributed by atoms with Crippen LogP contribution in [0.2, 0.25) is 0 Å². The number of esters is 1. The van der Waals surface area contributed by atoms with Crippen molar-refractivity contribution in [1.29, 1.82) is 5.41 Å². The highest BCUT2D eigenvalue weighted by molar-refractivity contribution is 5.92. The Labute approximate surface area is 107 Å². The summed E-state index contributed by atoms with van der Waals surface area (Å²) in [5, 5.41) is 7.07. The zero-order chi connectivity index (χ0) is 13.5. The van der Waals surface area contributed by atoms with Crippen LogP contribution >= 0.6 is 0 Å². The summed E-state index contributed by atoms with van der Waals surface area (Å²) in [6, 6.07) is 7.05. The lowest BCUT2D eigenvalue weighted by atomic mass is 10.1. The summed E-state index contributed by atoms with van der Waals surface area (Å²) < 4.78 is 5.18. The van der Waals surface area contributed by atoms with E-state index in [4.69, 9.17) is 15.9 Å². The van der Waals surface area contributed by atoms with Gasteiger partial charge in [0, 0.05) is 6.42 Å². The first-order valence-corrected chi connectivity index (χ1v) is 5.80. The summed E-state index contributed by atoms with van der Waals surface area (Å²) in [4.78, 5) is 11.4. The van der Waals surface area contributed by atoms with Crippen LogP contribution in [0, 0.1) is 11.3 Å². The molecule has 3 N–H and O–H groups in total. The number of nitrogens with one attached hydrogen (secondary N) is 1. The van der Waals surface area contributed by atoms with Crippen LogP contribution in [0.25, 0.3) is 6.08 Å². The van der Waals surface area contributed by atoms with Crippen LogP contribution in [0.5, 0.6) is 5.75 Å². The Morgan fingerprint density at radius 3 is 2.50 bits per heavy atom. The molecule has 1 rings (SSSR count). The summed E-state index contributed by atoms with van der Waals surface area (Å²) in [6.45, 7) is 3.94. The van der Waals surface area contributed by atoms with Crippen molar-refractivity contribution in [1.82, 2.24) is 0 Å². The quantitative estimate of drug-likeness (QED) is 0.363. The van der Waals surface area contributed by atoms with Gasteiger partial charge in [-0.1, -0.05) is 32.1 Å². The van der Waals surface area contributed by atoms with E-state index in [1.165, 1.54) is 6.08 Å². The molecule has 0 spiro atoms. The fourth-order valence-corrected chi connectivity index (χ4v) is 1.34. The second-order valence-electron chi connectivity index (χ2n) is 4.43. The molecule has 0 aliphatic rings. The van der Waals surface area contributed by atoms with Gasteiger partial charge in [0.1, 0.15) is 11.6 Å². The van der Waals surface area contributed by atoms with Crippen LogP contribution in [-0.2, 0) is 4.79 Å². The number of amidine groups is 1. The molecule has 0 aliphatic carbocycles. The minimum Gasteiger partial charge on any atom is -0.427 e. The van der Waals surface area contributed by atoms with Crippen molar-refractivity contribution in [2.75, 3.05) is 0 Å². The van der Waals surface area contributed by atoms with Gasteiger partial charge in [0.2, 0.25) is 0 Å². The SMILES string of the molecule is CC(C)CC(=O)Oc1ccc(/C=C/C(=N)N)cc1. The molecule has 0 heterocycles. The fourth-order valence-electron chi connectivity index (χ4n) is 1.34. The van der Waals surface area contributed by atoms with Crippen molar-refractivity contribution in [2.45, 2.75) is 20.3 Å². The number of rotatable bonds is 5. The third-order valence-corrected chi connectivity index (χ3v) is 2.14. The van der Waals surface area contributed by atoms with Crippen LogP contribution in [0.1, 0.15) is 25.8 Å². The molecule has 4 heteroatoms. The molecule has 0 atom stereocenters. The van der Waals surface area contributed by atoms with E-state index in [9.17, 15) is 4.79 Å². The number of benzene rings is 1. The average Bonchev–Trinajstić information content (AvgIpc) is 2.26. The first kappa shape index (κ1) is 14.0. The molecule has 0 radical (unpaired) electrons. The highest BCUT2D eigenvalue weighted by atomic mass is 16.5. The molecule has 0 saturated carbocycles. The number of hydrogen-bond donors (Lipinski definition) is 2. The van der Waals surface area contributed by atoms with Crippen LogP contribution < -0.4 is 10.5 Å². The smallest absolute Gasteiger partial charge is 0.311 e. The lowest BCUT2D eigenvalue weighted by Crippen LogP contribution is -2.10. The Hall–Kier alpha value is -2.10. The number of carbonyl (C=O) groups is 1. The van der Waals surface area contributed by atoms with Gasteiger partial charge in [-0.2, -0.15) is 0 Å². The molecular weight excluding hydrogens is 228 g/mol. The van der Waals surface area contributed by atoms with Gasteiger partial charge in [0.25, 0.3) is 0 Å². The van der Waals surface area contributed by atoms with Gasteiger partial charge in [0.05, 0.1) is 0 Å². The topological polar surface area (TPSA) is 76.2 Å². The van der Waals surface area contributed by atoms with E-state index >= 15 is 0 Å². The maximum atomic E-state index is 11.4. The lowest BCUT2D eigenvalue weighted by Gasteiger charge is -2.06. The maximum Gasteiger partial charge on any atom is 0.311 e. The Morgan fingerprint density at radius 2 is 2.00 bits per heavy atom. The van der Waals surface area contributed by atoms with Crippen molar-refractivity contribution in [3.05, 3.63) is 35.9 Å².